The van der Waals surface area contributed by atoms with Gasteiger partial charge in [0.25, 0.3) is 0 Å². The summed E-state index contributed by atoms with van der Waals surface area (Å²) in [6, 6.07) is -1.53. The Morgan fingerprint density at radius 1 is 0.554 bits per heavy atom. The highest BCUT2D eigenvalue weighted by Gasteiger charge is 2.28. The number of carboxylic acids is 1. The number of carboxylic acid groups (broad SMARTS) is 1. The summed E-state index contributed by atoms with van der Waals surface area (Å²) >= 11 is 0. The SMILES string of the molecule is CCCCC/C=C\C/C=C\C/C=C\CCCCC(=O)OC[C@H](COP(=O)(O)OC[C@H](N)C(=O)O)OC(=O)CCCCCCCCC/C=C\C/C=C\CCCCC. The van der Waals surface area contributed by atoms with Crippen molar-refractivity contribution in [2.45, 2.75) is 180 Å². The zero-order valence-electron chi connectivity index (χ0n) is 34.7. The molecular formula is C44H76NO10P. The Labute approximate surface area is 338 Å². The van der Waals surface area contributed by atoms with Gasteiger partial charge in [-0.1, -0.05) is 132 Å². The number of hydrogen-bond donors (Lipinski definition) is 3. The number of carbonyl (C=O) groups excluding carboxylic acids is 2. The van der Waals surface area contributed by atoms with E-state index in [-0.39, 0.29) is 19.4 Å². The Balaban J connectivity index is 4.46. The average Bonchev–Trinajstić information content (AvgIpc) is 3.17. The summed E-state index contributed by atoms with van der Waals surface area (Å²) in [7, 11) is -4.73. The fraction of sp³-hybridized carbons (Fsp3) is 0.705. The Morgan fingerprint density at radius 3 is 1.45 bits per heavy atom. The number of carbonyl (C=O) groups is 3. The summed E-state index contributed by atoms with van der Waals surface area (Å²) in [5.41, 5.74) is 5.33. The Kier molecular flexibility index (Phi) is 37.1. The number of rotatable bonds is 39. The molecule has 3 atom stereocenters. The number of nitrogens with two attached hydrogens (primary N) is 1. The first kappa shape index (κ1) is 53.2. The Hall–Kier alpha value is -2.82. The van der Waals surface area contributed by atoms with E-state index < -0.39 is 51.1 Å². The molecule has 12 heteroatoms. The molecule has 0 aromatic rings. The van der Waals surface area contributed by atoms with E-state index in [9.17, 15) is 23.8 Å². The van der Waals surface area contributed by atoms with E-state index in [0.29, 0.717) is 12.8 Å². The van der Waals surface area contributed by atoms with E-state index in [2.05, 4.69) is 79.1 Å². The van der Waals surface area contributed by atoms with Gasteiger partial charge in [-0.2, -0.15) is 0 Å². The second kappa shape index (κ2) is 39.0. The summed E-state index contributed by atoms with van der Waals surface area (Å²) in [6.07, 6.45) is 44.2. The number of phosphoric ester groups is 1. The van der Waals surface area contributed by atoms with Gasteiger partial charge in [0.2, 0.25) is 0 Å². The monoisotopic (exact) mass is 810 g/mol. The fourth-order valence-electron chi connectivity index (χ4n) is 5.34. The molecule has 0 aromatic heterocycles. The number of esters is 2. The van der Waals surface area contributed by atoms with Gasteiger partial charge in [0.1, 0.15) is 12.6 Å². The molecule has 56 heavy (non-hydrogen) atoms. The molecule has 322 valence electrons. The van der Waals surface area contributed by atoms with Crippen molar-refractivity contribution in [3.05, 3.63) is 60.8 Å². The van der Waals surface area contributed by atoms with Crippen LogP contribution >= 0.6 is 7.82 Å². The maximum atomic E-state index is 12.6. The molecule has 1 unspecified atom stereocenters. The van der Waals surface area contributed by atoms with E-state index >= 15 is 0 Å². The predicted molar refractivity (Wildman–Crippen MR) is 226 cm³/mol. The van der Waals surface area contributed by atoms with Crippen LogP contribution in [0.25, 0.3) is 0 Å². The number of aliphatic carboxylic acids is 1. The summed E-state index contributed by atoms with van der Waals surface area (Å²) < 4.78 is 32.6. The first-order chi connectivity index (χ1) is 27.1. The molecule has 0 fully saturated rings. The summed E-state index contributed by atoms with van der Waals surface area (Å²) in [6.45, 7) is 2.69. The van der Waals surface area contributed by atoms with E-state index in [1.165, 1.54) is 57.8 Å². The normalized spacial score (nSPS) is 14.4. The Morgan fingerprint density at radius 2 is 0.946 bits per heavy atom. The second-order valence-corrected chi connectivity index (χ2v) is 15.6. The first-order valence-corrected chi connectivity index (χ1v) is 22.8. The van der Waals surface area contributed by atoms with Crippen molar-refractivity contribution in [2.24, 2.45) is 5.73 Å². The molecule has 0 bridgehead atoms. The van der Waals surface area contributed by atoms with Crippen LogP contribution in [0.3, 0.4) is 0 Å². The molecule has 0 rings (SSSR count). The second-order valence-electron chi connectivity index (χ2n) is 14.1. The van der Waals surface area contributed by atoms with Gasteiger partial charge in [-0.15, -0.1) is 0 Å². The summed E-state index contributed by atoms with van der Waals surface area (Å²) in [5.74, 6) is -2.44. The standard InChI is InChI=1S/C44H76NO10P/c1-3-5-7-9-11-13-15-17-19-20-22-24-26-28-30-32-34-36-43(47)55-40(38-53-56(50,51)54-39-41(45)44(48)49)37-52-42(46)35-33-31-29-27-25-23-21-18-16-14-12-10-8-6-4-2/h11-14,17-19,21,25,27,40-41H,3-10,15-16,20,22-24,26,28-39,45H2,1-2H3,(H,48,49)(H,50,51)/b13-11-,14-12-,19-17-,21-18-,27-25-/t40-,41+/m1/s1. The van der Waals surface area contributed by atoms with Crippen molar-refractivity contribution in [1.29, 1.82) is 0 Å². The predicted octanol–water partition coefficient (Wildman–Crippen LogP) is 11.2. The van der Waals surface area contributed by atoms with Crippen molar-refractivity contribution in [3.63, 3.8) is 0 Å². The van der Waals surface area contributed by atoms with Crippen LogP contribution in [0.2, 0.25) is 0 Å². The van der Waals surface area contributed by atoms with Gasteiger partial charge in [-0.25, -0.2) is 4.57 Å². The molecule has 11 nitrogen and oxygen atoms in total. The lowest BCUT2D eigenvalue weighted by Crippen LogP contribution is -2.34. The van der Waals surface area contributed by atoms with E-state index in [1.54, 1.807) is 0 Å². The number of allylic oxidation sites excluding steroid dienone is 10. The minimum absolute atomic E-state index is 0.141. The highest BCUT2D eigenvalue weighted by molar-refractivity contribution is 7.47. The molecule has 0 aliphatic carbocycles. The van der Waals surface area contributed by atoms with Gasteiger partial charge < -0.3 is 25.2 Å². The molecule has 0 heterocycles. The number of phosphoric acid groups is 1. The molecule has 0 radical (unpaired) electrons. The van der Waals surface area contributed by atoms with Gasteiger partial charge in [0.05, 0.1) is 13.2 Å². The van der Waals surface area contributed by atoms with E-state index in [1.807, 2.05) is 0 Å². The fourth-order valence-corrected chi connectivity index (χ4v) is 6.11. The third-order valence-electron chi connectivity index (χ3n) is 8.74. The maximum absolute atomic E-state index is 12.6. The zero-order chi connectivity index (χ0) is 41.4. The van der Waals surface area contributed by atoms with Crippen LogP contribution in [-0.2, 0) is 37.5 Å². The topological polar surface area (TPSA) is 172 Å². The number of ether oxygens (including phenoxy) is 2. The lowest BCUT2D eigenvalue weighted by molar-refractivity contribution is -0.161. The van der Waals surface area contributed by atoms with Crippen LogP contribution in [0, 0.1) is 0 Å². The highest BCUT2D eigenvalue weighted by atomic mass is 31.2. The molecule has 0 spiro atoms. The van der Waals surface area contributed by atoms with Crippen LogP contribution in [0.15, 0.2) is 60.8 Å². The third kappa shape index (κ3) is 38.1. The van der Waals surface area contributed by atoms with E-state index in [0.717, 1.165) is 70.6 Å². The van der Waals surface area contributed by atoms with Crippen LogP contribution in [0.1, 0.15) is 168 Å². The minimum Gasteiger partial charge on any atom is -0.480 e. The molecular weight excluding hydrogens is 733 g/mol. The lowest BCUT2D eigenvalue weighted by Gasteiger charge is -2.20. The van der Waals surface area contributed by atoms with E-state index in [4.69, 9.17) is 24.8 Å². The zero-order valence-corrected chi connectivity index (χ0v) is 35.6. The molecule has 0 saturated heterocycles. The summed E-state index contributed by atoms with van der Waals surface area (Å²) in [5, 5.41) is 8.88. The van der Waals surface area contributed by atoms with Crippen molar-refractivity contribution in [3.8, 4) is 0 Å². The Bertz CT molecular complexity index is 1180. The van der Waals surface area contributed by atoms with Gasteiger partial charge in [-0.3, -0.25) is 23.4 Å². The molecule has 4 N–H and O–H groups in total. The lowest BCUT2D eigenvalue weighted by atomic mass is 10.1. The van der Waals surface area contributed by atoms with Crippen molar-refractivity contribution >= 4 is 25.7 Å². The van der Waals surface area contributed by atoms with Crippen molar-refractivity contribution in [1.82, 2.24) is 0 Å². The number of hydrogen-bond acceptors (Lipinski definition) is 9. The first-order valence-electron chi connectivity index (χ1n) is 21.3. The van der Waals surface area contributed by atoms with Crippen LogP contribution in [0.5, 0.6) is 0 Å². The largest absolute Gasteiger partial charge is 0.480 e. The highest BCUT2D eigenvalue weighted by Crippen LogP contribution is 2.43. The molecule has 0 saturated carbocycles. The van der Waals surface area contributed by atoms with Gasteiger partial charge in [0, 0.05) is 12.8 Å². The van der Waals surface area contributed by atoms with Crippen LogP contribution in [0.4, 0.5) is 0 Å². The van der Waals surface area contributed by atoms with Crippen LogP contribution < -0.4 is 5.73 Å². The van der Waals surface area contributed by atoms with Gasteiger partial charge in [0.15, 0.2) is 6.10 Å². The molecule has 0 aliphatic rings. The third-order valence-corrected chi connectivity index (χ3v) is 9.69. The minimum atomic E-state index is -4.73. The molecule has 0 amide bonds. The van der Waals surface area contributed by atoms with Crippen molar-refractivity contribution in [2.75, 3.05) is 19.8 Å². The van der Waals surface area contributed by atoms with Crippen LogP contribution in [-0.4, -0.2) is 59.9 Å². The van der Waals surface area contributed by atoms with Gasteiger partial charge >= 0.3 is 25.7 Å². The average molecular weight is 810 g/mol. The molecule has 0 aliphatic heterocycles. The number of unbranched alkanes of at least 4 members (excludes halogenated alkanes) is 15. The van der Waals surface area contributed by atoms with Crippen molar-refractivity contribution < 1.29 is 47.5 Å². The van der Waals surface area contributed by atoms with Gasteiger partial charge in [-0.05, 0) is 83.5 Å². The smallest absolute Gasteiger partial charge is 0.472 e. The maximum Gasteiger partial charge on any atom is 0.472 e. The molecule has 0 aromatic carbocycles. The quantitative estimate of drug-likeness (QED) is 0.0233. The summed E-state index contributed by atoms with van der Waals surface area (Å²) in [4.78, 5) is 45.9.